The maximum Gasteiger partial charge on any atom is 0.230 e. The number of amides is 1. The zero-order valence-corrected chi connectivity index (χ0v) is 19.8. The Bertz CT molecular complexity index is 1020. The lowest BCUT2D eigenvalue weighted by molar-refractivity contribution is -0.118. The van der Waals surface area contributed by atoms with Crippen molar-refractivity contribution in [3.63, 3.8) is 0 Å². The lowest BCUT2D eigenvalue weighted by Crippen LogP contribution is -2.27. The third-order valence-corrected chi connectivity index (χ3v) is 5.89. The van der Waals surface area contributed by atoms with Crippen molar-refractivity contribution in [3.05, 3.63) is 54.1 Å². The van der Waals surface area contributed by atoms with Gasteiger partial charge >= 0.3 is 0 Å². The van der Waals surface area contributed by atoms with Gasteiger partial charge in [-0.1, -0.05) is 43.8 Å². The van der Waals surface area contributed by atoms with Gasteiger partial charge in [0.25, 0.3) is 0 Å². The number of nitrogens with zero attached hydrogens (tertiary/aromatic N) is 3. The van der Waals surface area contributed by atoms with E-state index in [4.69, 9.17) is 9.47 Å². The van der Waals surface area contributed by atoms with Gasteiger partial charge in [0.2, 0.25) is 5.91 Å². The van der Waals surface area contributed by atoms with Crippen molar-refractivity contribution in [2.45, 2.75) is 31.3 Å². The molecule has 3 rings (SSSR count). The molecule has 0 atom stereocenters. The number of thioether (sulfide) groups is 1. The molecule has 8 heteroatoms. The molecule has 1 aromatic heterocycles. The third kappa shape index (κ3) is 5.89. The molecule has 0 spiro atoms. The first-order chi connectivity index (χ1) is 15.5. The van der Waals surface area contributed by atoms with Gasteiger partial charge in [0.1, 0.15) is 5.75 Å². The zero-order valence-electron chi connectivity index (χ0n) is 19.0. The minimum Gasteiger partial charge on any atom is -0.497 e. The van der Waals surface area contributed by atoms with E-state index >= 15 is 0 Å². The van der Waals surface area contributed by atoms with Crippen LogP contribution in [0.3, 0.4) is 0 Å². The van der Waals surface area contributed by atoms with Crippen molar-refractivity contribution in [1.29, 1.82) is 0 Å². The van der Waals surface area contributed by atoms with E-state index in [2.05, 4.69) is 41.5 Å². The second-order valence-corrected chi connectivity index (χ2v) is 8.51. The van der Waals surface area contributed by atoms with E-state index in [1.165, 1.54) is 17.3 Å². The molecule has 0 unspecified atom stereocenters. The van der Waals surface area contributed by atoms with Crippen LogP contribution in [0.15, 0.2) is 53.7 Å². The number of methoxy groups -OCH3 is 2. The van der Waals surface area contributed by atoms with Gasteiger partial charge < -0.3 is 14.8 Å². The number of hydrogen-bond donors (Lipinski definition) is 1. The minimum absolute atomic E-state index is 0.0382. The Morgan fingerprint density at radius 3 is 2.53 bits per heavy atom. The number of benzene rings is 2. The quantitative estimate of drug-likeness (QED) is 0.344. The van der Waals surface area contributed by atoms with Crippen LogP contribution >= 0.6 is 11.8 Å². The maximum atomic E-state index is 12.3. The van der Waals surface area contributed by atoms with Crippen LogP contribution in [-0.2, 0) is 9.53 Å². The van der Waals surface area contributed by atoms with E-state index in [1.807, 2.05) is 41.0 Å². The Labute approximate surface area is 193 Å². The van der Waals surface area contributed by atoms with Crippen LogP contribution in [0.2, 0.25) is 0 Å². The summed E-state index contributed by atoms with van der Waals surface area (Å²) in [5.74, 6) is 2.05. The number of carbonyl (C=O) groups excluding carboxylic acids is 1. The number of carbonyl (C=O) groups is 1. The van der Waals surface area contributed by atoms with Gasteiger partial charge in [-0.25, -0.2) is 0 Å². The van der Waals surface area contributed by atoms with Crippen molar-refractivity contribution in [1.82, 2.24) is 20.1 Å². The monoisotopic (exact) mass is 454 g/mol. The maximum absolute atomic E-state index is 12.3. The summed E-state index contributed by atoms with van der Waals surface area (Å²) in [5, 5.41) is 12.5. The van der Waals surface area contributed by atoms with Crippen molar-refractivity contribution in [3.8, 4) is 22.8 Å². The van der Waals surface area contributed by atoms with Crippen LogP contribution in [0, 0.1) is 0 Å². The number of rotatable bonds is 11. The molecule has 0 radical (unpaired) electrons. The highest BCUT2D eigenvalue weighted by atomic mass is 32.2. The molecule has 0 bridgehead atoms. The van der Waals surface area contributed by atoms with E-state index in [-0.39, 0.29) is 11.7 Å². The van der Waals surface area contributed by atoms with Gasteiger partial charge in [-0.15, -0.1) is 10.2 Å². The van der Waals surface area contributed by atoms with Crippen LogP contribution in [0.5, 0.6) is 5.75 Å². The lowest BCUT2D eigenvalue weighted by atomic mass is 10.0. The molecule has 0 saturated heterocycles. The summed E-state index contributed by atoms with van der Waals surface area (Å²) in [6.07, 6.45) is 0.784. The molecule has 3 aromatic rings. The average Bonchev–Trinajstić information content (AvgIpc) is 3.24. The number of nitrogens with one attached hydrogen (secondary N) is 1. The lowest BCUT2D eigenvalue weighted by Gasteiger charge is -2.17. The predicted molar refractivity (Wildman–Crippen MR) is 128 cm³/mol. The van der Waals surface area contributed by atoms with Crippen molar-refractivity contribution < 1.29 is 14.3 Å². The van der Waals surface area contributed by atoms with Crippen LogP contribution in [0.4, 0.5) is 0 Å². The van der Waals surface area contributed by atoms with Gasteiger partial charge in [0.05, 0.1) is 18.6 Å². The average molecular weight is 455 g/mol. The smallest absolute Gasteiger partial charge is 0.230 e. The molecule has 32 heavy (non-hydrogen) atoms. The number of hydrogen-bond acceptors (Lipinski definition) is 6. The topological polar surface area (TPSA) is 78.3 Å². The number of ether oxygens (including phenoxy) is 2. The van der Waals surface area contributed by atoms with Crippen molar-refractivity contribution >= 4 is 17.7 Å². The normalized spacial score (nSPS) is 11.0. The first-order valence-corrected chi connectivity index (χ1v) is 11.6. The van der Waals surface area contributed by atoms with Crippen LogP contribution < -0.4 is 10.1 Å². The van der Waals surface area contributed by atoms with Crippen LogP contribution in [0.25, 0.3) is 17.1 Å². The van der Waals surface area contributed by atoms with E-state index < -0.39 is 0 Å². The first-order valence-electron chi connectivity index (χ1n) is 10.6. The fraction of sp³-hybridized carbons (Fsp3) is 0.375. The molecular weight excluding hydrogens is 424 g/mol. The second-order valence-electron chi connectivity index (χ2n) is 7.57. The molecule has 1 N–H and O–H groups in total. The summed E-state index contributed by atoms with van der Waals surface area (Å²) < 4.78 is 12.4. The molecule has 0 saturated carbocycles. The summed E-state index contributed by atoms with van der Waals surface area (Å²) in [7, 11) is 3.30. The number of aromatic nitrogens is 3. The molecule has 0 fully saturated rings. The summed E-state index contributed by atoms with van der Waals surface area (Å²) in [4.78, 5) is 12.3. The van der Waals surface area contributed by atoms with Gasteiger partial charge in [0, 0.05) is 25.8 Å². The Balaban J connectivity index is 1.92. The highest BCUT2D eigenvalue weighted by Gasteiger charge is 2.20. The fourth-order valence-corrected chi connectivity index (χ4v) is 4.09. The van der Waals surface area contributed by atoms with Crippen molar-refractivity contribution in [2.75, 3.05) is 33.1 Å². The van der Waals surface area contributed by atoms with E-state index in [0.717, 1.165) is 29.2 Å². The molecule has 1 heterocycles. The van der Waals surface area contributed by atoms with Gasteiger partial charge in [-0.3, -0.25) is 9.36 Å². The van der Waals surface area contributed by atoms with Gasteiger partial charge in [-0.2, -0.15) is 0 Å². The van der Waals surface area contributed by atoms with E-state index in [0.29, 0.717) is 24.2 Å². The van der Waals surface area contributed by atoms with Gasteiger partial charge in [-0.05, 0) is 48.2 Å². The molecule has 0 aliphatic rings. The summed E-state index contributed by atoms with van der Waals surface area (Å²) >= 11 is 1.38. The molecule has 170 valence electrons. The van der Waals surface area contributed by atoms with Crippen LogP contribution in [0.1, 0.15) is 31.7 Å². The summed E-state index contributed by atoms with van der Waals surface area (Å²) in [6, 6.07) is 16.0. The molecule has 0 aliphatic carbocycles. The molecule has 0 aliphatic heterocycles. The molecular formula is C24H30N4O3S. The highest BCUT2D eigenvalue weighted by molar-refractivity contribution is 7.99. The Hall–Kier alpha value is -2.84. The standard InChI is InChI=1S/C24H30N4O3S/c1-17(2)20-8-5-6-9-21(20)28-23(18-10-12-19(31-4)13-11-18)26-27-24(28)32-16-22(29)25-14-7-15-30-3/h5-6,8-13,17H,7,14-16H2,1-4H3,(H,25,29). The molecule has 2 aromatic carbocycles. The van der Waals surface area contributed by atoms with Crippen LogP contribution in [-0.4, -0.2) is 53.8 Å². The Morgan fingerprint density at radius 1 is 1.09 bits per heavy atom. The van der Waals surface area contributed by atoms with Crippen molar-refractivity contribution in [2.24, 2.45) is 0 Å². The summed E-state index contributed by atoms with van der Waals surface area (Å²) in [5.41, 5.74) is 3.13. The summed E-state index contributed by atoms with van der Waals surface area (Å²) in [6.45, 7) is 5.54. The van der Waals surface area contributed by atoms with E-state index in [1.54, 1.807) is 14.2 Å². The third-order valence-electron chi connectivity index (χ3n) is 4.96. The van der Waals surface area contributed by atoms with Gasteiger partial charge in [0.15, 0.2) is 11.0 Å². The predicted octanol–water partition coefficient (Wildman–Crippen LogP) is 4.31. The second kappa shape index (κ2) is 11.7. The SMILES string of the molecule is COCCCNC(=O)CSc1nnc(-c2ccc(OC)cc2)n1-c1ccccc1C(C)C. The molecule has 7 nitrogen and oxygen atoms in total. The minimum atomic E-state index is -0.0382. The fourth-order valence-electron chi connectivity index (χ4n) is 3.31. The number of para-hydroxylation sites is 1. The zero-order chi connectivity index (χ0) is 22.9. The molecule has 1 amide bonds. The Morgan fingerprint density at radius 2 is 1.84 bits per heavy atom. The largest absolute Gasteiger partial charge is 0.497 e. The highest BCUT2D eigenvalue weighted by Crippen LogP contribution is 2.32. The van der Waals surface area contributed by atoms with E-state index in [9.17, 15) is 4.79 Å². The first kappa shape index (κ1) is 23.8. The Kier molecular flexibility index (Phi) is 8.70.